The van der Waals surface area contributed by atoms with Crippen LogP contribution in [0.1, 0.15) is 0 Å². The summed E-state index contributed by atoms with van der Waals surface area (Å²) in [6, 6.07) is 0. The topological polar surface area (TPSA) is 0 Å². The number of halogens is 1. The molecule has 0 aliphatic heterocycles. The first-order valence-corrected chi connectivity index (χ1v) is 7.79. The predicted octanol–water partition coefficient (Wildman–Crippen LogP) is 1.79. The van der Waals surface area contributed by atoms with Crippen molar-refractivity contribution in [2.24, 2.45) is 0 Å². The van der Waals surface area contributed by atoms with Gasteiger partial charge in [0.2, 0.25) is 0 Å². The Morgan fingerprint density at radius 2 is 1.00 bits per heavy atom. The summed E-state index contributed by atoms with van der Waals surface area (Å²) >= 11 is -0.333. The zero-order valence-corrected chi connectivity index (χ0v) is 6.82. The molecule has 0 aliphatic rings. The molecule has 0 fully saturated rings. The molecule has 0 aromatic carbocycles. The Morgan fingerprint density at radius 1 is 1.00 bits per heavy atom. The van der Waals surface area contributed by atoms with E-state index in [1.807, 2.05) is 0 Å². The molecule has 0 aromatic heterocycles. The number of hydrogen-bond acceptors (Lipinski definition) is 0. The molecule has 0 saturated heterocycles. The molecule has 0 spiro atoms. The standard InChI is InChI=1S/C3H9Ge.ClH/c1-4(2)3;/h1-3H3;1H. The van der Waals surface area contributed by atoms with Gasteiger partial charge in [-0.2, -0.15) is 0 Å². The summed E-state index contributed by atoms with van der Waals surface area (Å²) in [6.45, 7) is 0. The maximum atomic E-state index is 2.33. The molecule has 33 valence electrons. The van der Waals surface area contributed by atoms with Gasteiger partial charge in [-0.25, -0.2) is 0 Å². The molecule has 0 heterocycles. The molecule has 0 aromatic rings. The second kappa shape index (κ2) is 4.83. The minimum absolute atomic E-state index is 0. The Morgan fingerprint density at radius 3 is 1.00 bits per heavy atom. The van der Waals surface area contributed by atoms with Gasteiger partial charge >= 0.3 is 31.6 Å². The van der Waals surface area contributed by atoms with E-state index in [1.54, 1.807) is 0 Å². The van der Waals surface area contributed by atoms with E-state index in [2.05, 4.69) is 17.3 Å². The van der Waals surface area contributed by atoms with Gasteiger partial charge in [0.25, 0.3) is 0 Å². The summed E-state index contributed by atoms with van der Waals surface area (Å²) in [5.41, 5.74) is 0. The average Bonchev–Trinajstić information content (AvgIpc) is 0.811. The maximum absolute atomic E-state index is 2.33. The molecule has 2 heteroatoms. The van der Waals surface area contributed by atoms with E-state index in [0.717, 1.165) is 0 Å². The van der Waals surface area contributed by atoms with Crippen LogP contribution in [0.25, 0.3) is 0 Å². The van der Waals surface area contributed by atoms with Crippen molar-refractivity contribution in [3.8, 4) is 0 Å². The molecule has 0 N–H and O–H groups in total. The minimum atomic E-state index is -0.333. The van der Waals surface area contributed by atoms with Crippen LogP contribution in [0.15, 0.2) is 0 Å². The summed E-state index contributed by atoms with van der Waals surface area (Å²) in [4.78, 5) is 0. The molecular formula is C3H10ClGe. The average molecular weight is 154 g/mol. The van der Waals surface area contributed by atoms with Gasteiger partial charge in [0.15, 0.2) is 0 Å². The summed E-state index contributed by atoms with van der Waals surface area (Å²) in [7, 11) is 0. The van der Waals surface area contributed by atoms with Crippen LogP contribution >= 0.6 is 12.4 Å². The van der Waals surface area contributed by atoms with Crippen molar-refractivity contribution >= 4 is 26.8 Å². The molecule has 0 nitrogen and oxygen atoms in total. The van der Waals surface area contributed by atoms with Crippen molar-refractivity contribution in [2.45, 2.75) is 17.3 Å². The van der Waals surface area contributed by atoms with E-state index in [-0.39, 0.29) is 26.8 Å². The van der Waals surface area contributed by atoms with Gasteiger partial charge in [0, 0.05) is 0 Å². The van der Waals surface area contributed by atoms with Gasteiger partial charge in [-0.3, -0.25) is 0 Å². The Balaban J connectivity index is 0. The third-order valence-corrected chi connectivity index (χ3v) is 0. The van der Waals surface area contributed by atoms with Crippen LogP contribution in [0, 0.1) is 0 Å². The molecule has 0 atom stereocenters. The normalized spacial score (nSPS) is 7.20. The van der Waals surface area contributed by atoms with Crippen molar-refractivity contribution in [1.29, 1.82) is 0 Å². The van der Waals surface area contributed by atoms with E-state index >= 15 is 0 Å². The van der Waals surface area contributed by atoms with Crippen LogP contribution in [0.5, 0.6) is 0 Å². The molecule has 5 heavy (non-hydrogen) atoms. The predicted molar refractivity (Wildman–Crippen MR) is 30.6 cm³/mol. The monoisotopic (exact) mass is 155 g/mol. The Kier molecular flexibility index (Phi) is 8.96. The molecular weight excluding hydrogens is 144 g/mol. The quantitative estimate of drug-likeness (QED) is 0.467. The second-order valence-electron chi connectivity index (χ2n) is 1.50. The molecule has 0 bridgehead atoms. The van der Waals surface area contributed by atoms with Crippen molar-refractivity contribution in [1.82, 2.24) is 0 Å². The molecule has 0 rings (SSSR count). The van der Waals surface area contributed by atoms with Crippen molar-refractivity contribution in [2.75, 3.05) is 0 Å². The zero-order chi connectivity index (χ0) is 3.58. The first kappa shape index (κ1) is 9.27. The number of hydrogen-bond donors (Lipinski definition) is 0. The van der Waals surface area contributed by atoms with Crippen LogP contribution in [0.3, 0.4) is 0 Å². The fourth-order valence-corrected chi connectivity index (χ4v) is 0. The van der Waals surface area contributed by atoms with Gasteiger partial charge in [-0.1, -0.05) is 0 Å². The van der Waals surface area contributed by atoms with Gasteiger partial charge in [0.1, 0.15) is 0 Å². The molecule has 0 saturated carbocycles. The summed E-state index contributed by atoms with van der Waals surface area (Å²) < 4.78 is 0. The van der Waals surface area contributed by atoms with Crippen molar-refractivity contribution < 1.29 is 0 Å². The fourth-order valence-electron chi connectivity index (χ4n) is 0. The van der Waals surface area contributed by atoms with Gasteiger partial charge < -0.3 is 0 Å². The zero-order valence-electron chi connectivity index (χ0n) is 3.91. The Hall–Kier alpha value is 0.833. The van der Waals surface area contributed by atoms with Gasteiger partial charge in [-0.05, 0) is 0 Å². The van der Waals surface area contributed by atoms with Crippen molar-refractivity contribution in [3.05, 3.63) is 0 Å². The van der Waals surface area contributed by atoms with Crippen LogP contribution in [-0.2, 0) is 0 Å². The van der Waals surface area contributed by atoms with Crippen molar-refractivity contribution in [3.63, 3.8) is 0 Å². The molecule has 0 amide bonds. The van der Waals surface area contributed by atoms with Gasteiger partial charge in [0.05, 0.1) is 0 Å². The third kappa shape index (κ3) is 55.9. The summed E-state index contributed by atoms with van der Waals surface area (Å²) in [5.74, 6) is 7.00. The van der Waals surface area contributed by atoms with E-state index < -0.39 is 0 Å². The van der Waals surface area contributed by atoms with Crippen LogP contribution in [-0.4, -0.2) is 14.3 Å². The van der Waals surface area contributed by atoms with E-state index in [9.17, 15) is 0 Å². The summed E-state index contributed by atoms with van der Waals surface area (Å²) in [5, 5.41) is 0. The summed E-state index contributed by atoms with van der Waals surface area (Å²) in [6.07, 6.45) is 0. The Bertz CT molecular complexity index is 11.6. The van der Waals surface area contributed by atoms with Crippen LogP contribution in [0.4, 0.5) is 0 Å². The fraction of sp³-hybridized carbons (Fsp3) is 1.00. The van der Waals surface area contributed by atoms with Crippen LogP contribution in [0.2, 0.25) is 17.3 Å². The first-order valence-electron chi connectivity index (χ1n) is 1.50. The number of rotatable bonds is 0. The van der Waals surface area contributed by atoms with Gasteiger partial charge in [-0.15, -0.1) is 12.4 Å². The first-order chi connectivity index (χ1) is 1.73. The van der Waals surface area contributed by atoms with Crippen LogP contribution < -0.4 is 0 Å². The molecule has 0 aliphatic carbocycles. The van der Waals surface area contributed by atoms with E-state index in [4.69, 9.17) is 0 Å². The Labute approximate surface area is 44.5 Å². The van der Waals surface area contributed by atoms with E-state index in [0.29, 0.717) is 0 Å². The SMILES string of the molecule is Cl.[CH3][Ge]([CH3])[CH3]. The molecule has 1 radical (unpaired) electrons. The molecule has 0 unspecified atom stereocenters. The second-order valence-corrected chi connectivity index (χ2v) is 7.79. The van der Waals surface area contributed by atoms with E-state index in [1.165, 1.54) is 0 Å². The third-order valence-electron chi connectivity index (χ3n) is 0.